The molecular weight excluding hydrogens is 531 g/mol. The maximum absolute atomic E-state index is 13.3. The zero-order chi connectivity index (χ0) is 29.3. The van der Waals surface area contributed by atoms with Crippen LogP contribution in [0.5, 0.6) is 0 Å². The van der Waals surface area contributed by atoms with Crippen molar-refractivity contribution in [3.05, 3.63) is 83.4 Å². The number of aliphatic hydroxyl groups is 1. The summed E-state index contributed by atoms with van der Waals surface area (Å²) < 4.78 is 41.8. The fraction of sp³-hybridized carbons (Fsp3) is 0.387. The van der Waals surface area contributed by atoms with Gasteiger partial charge in [0.1, 0.15) is 28.5 Å². The first-order valence-corrected chi connectivity index (χ1v) is 13.7. The molecule has 0 aliphatic carbocycles. The smallest absolute Gasteiger partial charge is 0.382 e. The molecular formula is C31H32F3N5O2. The van der Waals surface area contributed by atoms with Crippen molar-refractivity contribution in [2.24, 2.45) is 5.41 Å². The minimum atomic E-state index is -4.51. The molecule has 2 aromatic carbocycles. The molecule has 7 nitrogen and oxygen atoms in total. The van der Waals surface area contributed by atoms with Crippen LogP contribution >= 0.6 is 0 Å². The van der Waals surface area contributed by atoms with E-state index in [1.54, 1.807) is 30.5 Å². The molecule has 2 saturated heterocycles. The molecule has 214 valence electrons. The predicted molar refractivity (Wildman–Crippen MR) is 149 cm³/mol. The second kappa shape index (κ2) is 9.30. The summed E-state index contributed by atoms with van der Waals surface area (Å²) in [5.41, 5.74) is 6.07. The molecule has 41 heavy (non-hydrogen) atoms. The summed E-state index contributed by atoms with van der Waals surface area (Å²) in [7, 11) is 0. The summed E-state index contributed by atoms with van der Waals surface area (Å²) in [6, 6.07) is 11.9. The van der Waals surface area contributed by atoms with E-state index < -0.39 is 17.3 Å². The lowest BCUT2D eigenvalue weighted by atomic mass is 9.86. The van der Waals surface area contributed by atoms with Gasteiger partial charge in [-0.05, 0) is 49.4 Å². The van der Waals surface area contributed by atoms with Crippen LogP contribution in [0.25, 0.3) is 16.8 Å². The number of alkyl halides is 3. The standard InChI is InChI=1S/C31H32F3N5O2/c1-29(2)16-23-12-9-19(17-39(23)28(29)40)27-37-24(25-26(35)36-13-14-38(25)27)18-7-10-20(11-8-18)30(3,41)21-5-4-6-22(15-21)31(32,33)34/h4-8,10-11,13-15,19,23,41H,9,12,16-17H2,1-3H3,(H2,35,36)/t19-,23+,30?/m1/s1. The first kappa shape index (κ1) is 27.3. The first-order chi connectivity index (χ1) is 19.3. The molecule has 4 heterocycles. The predicted octanol–water partition coefficient (Wildman–Crippen LogP) is 5.76. The Morgan fingerprint density at radius 2 is 1.76 bits per heavy atom. The number of piperidine rings is 1. The van der Waals surface area contributed by atoms with E-state index in [1.165, 1.54) is 19.1 Å². The Morgan fingerprint density at radius 1 is 1.05 bits per heavy atom. The fourth-order valence-corrected chi connectivity index (χ4v) is 6.46. The van der Waals surface area contributed by atoms with Gasteiger partial charge in [0.15, 0.2) is 0 Å². The van der Waals surface area contributed by atoms with Gasteiger partial charge in [-0.25, -0.2) is 9.97 Å². The Labute approximate surface area is 235 Å². The van der Waals surface area contributed by atoms with E-state index in [2.05, 4.69) is 4.98 Å². The van der Waals surface area contributed by atoms with Crippen molar-refractivity contribution in [2.45, 2.75) is 63.8 Å². The second-order valence-electron chi connectivity index (χ2n) is 12.1. The van der Waals surface area contributed by atoms with Crippen LogP contribution in [-0.2, 0) is 16.6 Å². The summed E-state index contributed by atoms with van der Waals surface area (Å²) >= 11 is 0. The maximum atomic E-state index is 13.3. The fourth-order valence-electron chi connectivity index (χ4n) is 6.46. The molecule has 0 spiro atoms. The zero-order valence-electron chi connectivity index (χ0n) is 23.1. The van der Waals surface area contributed by atoms with Gasteiger partial charge in [0.25, 0.3) is 0 Å². The molecule has 2 aliphatic heterocycles. The van der Waals surface area contributed by atoms with Crippen molar-refractivity contribution in [1.82, 2.24) is 19.3 Å². The molecule has 0 bridgehead atoms. The SMILES string of the molecule is CC1(C)C[C@@H]2CC[C@@H](c3nc(-c4ccc(C(C)(O)c5cccc(C(F)(F)F)c5)cc4)c4c(N)nccn34)CN2C1=O. The number of nitrogens with zero attached hydrogens (tertiary/aromatic N) is 4. The third-order valence-electron chi connectivity index (χ3n) is 8.74. The van der Waals surface area contributed by atoms with Gasteiger partial charge in [-0.15, -0.1) is 0 Å². The number of hydrogen-bond donors (Lipinski definition) is 2. The molecule has 2 aromatic heterocycles. The molecule has 1 unspecified atom stereocenters. The highest BCUT2D eigenvalue weighted by Crippen LogP contribution is 2.44. The van der Waals surface area contributed by atoms with Gasteiger partial charge >= 0.3 is 6.18 Å². The summed E-state index contributed by atoms with van der Waals surface area (Å²) in [5.74, 6) is 1.32. The van der Waals surface area contributed by atoms with Crippen molar-refractivity contribution in [2.75, 3.05) is 12.3 Å². The number of nitrogens with two attached hydrogens (primary N) is 1. The summed E-state index contributed by atoms with van der Waals surface area (Å²) in [6.45, 7) is 6.07. The van der Waals surface area contributed by atoms with E-state index in [-0.39, 0.29) is 28.8 Å². The number of aromatic nitrogens is 3. The average molecular weight is 564 g/mol. The molecule has 6 rings (SSSR count). The molecule has 3 atom stereocenters. The van der Waals surface area contributed by atoms with Gasteiger partial charge < -0.3 is 15.7 Å². The van der Waals surface area contributed by atoms with Crippen molar-refractivity contribution in [1.29, 1.82) is 0 Å². The number of carbonyl (C=O) groups excluding carboxylic acids is 1. The summed E-state index contributed by atoms with van der Waals surface area (Å²) in [6.07, 6.45) is 1.60. The summed E-state index contributed by atoms with van der Waals surface area (Å²) in [4.78, 5) is 24.4. The third-order valence-corrected chi connectivity index (χ3v) is 8.74. The number of rotatable bonds is 4. The Bertz CT molecular complexity index is 1640. The first-order valence-electron chi connectivity index (χ1n) is 13.7. The van der Waals surface area contributed by atoms with Crippen LogP contribution < -0.4 is 5.73 Å². The van der Waals surface area contributed by atoms with E-state index in [0.717, 1.165) is 42.8 Å². The molecule has 1 amide bonds. The lowest BCUT2D eigenvalue weighted by Gasteiger charge is -2.34. The molecule has 0 saturated carbocycles. The quantitative estimate of drug-likeness (QED) is 0.329. The lowest BCUT2D eigenvalue weighted by Crippen LogP contribution is -2.42. The highest BCUT2D eigenvalue weighted by atomic mass is 19.4. The minimum absolute atomic E-state index is 0.0214. The van der Waals surface area contributed by atoms with Crippen LogP contribution in [0.4, 0.5) is 19.0 Å². The Balaban J connectivity index is 1.35. The topological polar surface area (TPSA) is 96.8 Å². The van der Waals surface area contributed by atoms with E-state index in [0.29, 0.717) is 29.1 Å². The van der Waals surface area contributed by atoms with Gasteiger partial charge in [0, 0.05) is 41.9 Å². The molecule has 2 fully saturated rings. The highest BCUT2D eigenvalue weighted by Gasteiger charge is 2.48. The van der Waals surface area contributed by atoms with Crippen molar-refractivity contribution < 1.29 is 23.1 Å². The molecule has 2 aliphatic rings. The number of nitrogen functional groups attached to an aromatic ring is 1. The van der Waals surface area contributed by atoms with Crippen molar-refractivity contribution >= 4 is 17.2 Å². The normalized spacial score (nSPS) is 22.1. The molecule has 4 aromatic rings. The van der Waals surface area contributed by atoms with Crippen molar-refractivity contribution in [3.63, 3.8) is 0 Å². The number of carbonyl (C=O) groups is 1. The Kier molecular flexibility index (Phi) is 6.19. The zero-order valence-corrected chi connectivity index (χ0v) is 23.1. The van der Waals surface area contributed by atoms with Crippen LogP contribution in [0, 0.1) is 5.41 Å². The lowest BCUT2D eigenvalue weighted by molar-refractivity contribution is -0.138. The van der Waals surface area contributed by atoms with Gasteiger partial charge in [0.05, 0.1) is 5.56 Å². The van der Waals surface area contributed by atoms with E-state index in [1.807, 2.05) is 29.3 Å². The minimum Gasteiger partial charge on any atom is -0.382 e. The number of anilines is 1. The van der Waals surface area contributed by atoms with Gasteiger partial charge in [-0.3, -0.25) is 9.20 Å². The Morgan fingerprint density at radius 3 is 2.46 bits per heavy atom. The van der Waals surface area contributed by atoms with Crippen LogP contribution in [-0.4, -0.2) is 42.9 Å². The maximum Gasteiger partial charge on any atom is 0.416 e. The Hall–Kier alpha value is -3.92. The molecule has 10 heteroatoms. The van der Waals surface area contributed by atoms with Crippen LogP contribution in [0.2, 0.25) is 0 Å². The van der Waals surface area contributed by atoms with Crippen molar-refractivity contribution in [3.8, 4) is 11.3 Å². The molecule has 0 radical (unpaired) electrons. The third kappa shape index (κ3) is 4.54. The second-order valence-corrected chi connectivity index (χ2v) is 12.1. The van der Waals surface area contributed by atoms with Crippen LogP contribution in [0.1, 0.15) is 68.5 Å². The number of benzene rings is 2. The largest absolute Gasteiger partial charge is 0.416 e. The average Bonchev–Trinajstić information content (AvgIpc) is 3.43. The van der Waals surface area contributed by atoms with Crippen LogP contribution in [0.3, 0.4) is 0 Å². The number of amides is 1. The van der Waals surface area contributed by atoms with Gasteiger partial charge in [0.2, 0.25) is 5.91 Å². The number of hydrogen-bond acceptors (Lipinski definition) is 5. The number of fused-ring (bicyclic) bond motifs is 2. The number of halogens is 3. The molecule has 3 N–H and O–H groups in total. The number of imidazole rings is 1. The highest BCUT2D eigenvalue weighted by molar-refractivity contribution is 5.86. The van der Waals surface area contributed by atoms with Gasteiger partial charge in [-0.2, -0.15) is 13.2 Å². The summed E-state index contributed by atoms with van der Waals surface area (Å²) in [5, 5.41) is 11.3. The van der Waals surface area contributed by atoms with Gasteiger partial charge in [-0.1, -0.05) is 50.2 Å². The van der Waals surface area contributed by atoms with Crippen LogP contribution in [0.15, 0.2) is 60.9 Å². The monoisotopic (exact) mass is 563 g/mol. The van der Waals surface area contributed by atoms with E-state index >= 15 is 0 Å². The van der Waals surface area contributed by atoms with E-state index in [4.69, 9.17) is 10.7 Å². The van der Waals surface area contributed by atoms with E-state index in [9.17, 15) is 23.1 Å².